The summed E-state index contributed by atoms with van der Waals surface area (Å²) in [6.07, 6.45) is 3.41. The van der Waals surface area contributed by atoms with Crippen LogP contribution in [0, 0.1) is 6.92 Å². The summed E-state index contributed by atoms with van der Waals surface area (Å²) in [5, 5.41) is 12.4. The lowest BCUT2D eigenvalue weighted by Gasteiger charge is -2.22. The van der Waals surface area contributed by atoms with E-state index in [1.807, 2.05) is 13.0 Å². The number of benzene rings is 1. The van der Waals surface area contributed by atoms with Crippen molar-refractivity contribution in [3.8, 4) is 5.75 Å². The summed E-state index contributed by atoms with van der Waals surface area (Å²) >= 11 is 0. The van der Waals surface area contributed by atoms with Gasteiger partial charge in [0.1, 0.15) is 5.75 Å². The second-order valence-corrected chi connectivity index (χ2v) is 4.84. The van der Waals surface area contributed by atoms with Crippen LogP contribution in [0.2, 0.25) is 0 Å². The van der Waals surface area contributed by atoms with E-state index in [9.17, 15) is 9.90 Å². The molecule has 5 heteroatoms. The number of aryl methyl sites for hydroxylation is 1. The maximum absolute atomic E-state index is 12.0. The van der Waals surface area contributed by atoms with E-state index in [1.165, 1.54) is 0 Å². The average molecular weight is 271 g/mol. The van der Waals surface area contributed by atoms with Crippen LogP contribution in [0.5, 0.6) is 5.75 Å². The number of amides is 1. The Labute approximate surface area is 113 Å². The number of hydrogen-bond donors (Lipinski definition) is 3. The lowest BCUT2D eigenvalue weighted by molar-refractivity contribution is -0.121. The van der Waals surface area contributed by atoms with E-state index in [0.717, 1.165) is 18.4 Å². The van der Waals surface area contributed by atoms with Gasteiger partial charge in [0, 0.05) is 0 Å². The van der Waals surface area contributed by atoms with Crippen LogP contribution in [-0.4, -0.2) is 16.6 Å². The standard InChI is InChI=1S/C13H18N2O2.ClH/c1-9-4-5-10(11(16)8-9)15-12(17)13(14)6-2-3-7-13;/h4-5,8,16H,2-3,6-7,14H2,1H3,(H,15,17);1H. The molecule has 0 aliphatic heterocycles. The minimum absolute atomic E-state index is 0. The molecule has 18 heavy (non-hydrogen) atoms. The number of carbonyl (C=O) groups excluding carboxylic acids is 1. The van der Waals surface area contributed by atoms with Gasteiger partial charge in [-0.1, -0.05) is 18.9 Å². The van der Waals surface area contributed by atoms with E-state index in [4.69, 9.17) is 5.73 Å². The fraction of sp³-hybridized carbons (Fsp3) is 0.462. The number of phenols is 1. The maximum Gasteiger partial charge on any atom is 0.244 e. The molecule has 1 aromatic rings. The fourth-order valence-corrected chi connectivity index (χ4v) is 2.23. The lowest BCUT2D eigenvalue weighted by Crippen LogP contribution is -2.48. The Morgan fingerprint density at radius 3 is 2.56 bits per heavy atom. The summed E-state index contributed by atoms with van der Waals surface area (Å²) in [5.74, 6) is -0.117. The minimum Gasteiger partial charge on any atom is -0.506 e. The van der Waals surface area contributed by atoms with Gasteiger partial charge in [-0.05, 0) is 37.5 Å². The molecule has 100 valence electrons. The molecule has 0 unspecified atom stereocenters. The second-order valence-electron chi connectivity index (χ2n) is 4.84. The second kappa shape index (κ2) is 5.59. The van der Waals surface area contributed by atoms with Crippen LogP contribution in [-0.2, 0) is 4.79 Å². The van der Waals surface area contributed by atoms with Crippen molar-refractivity contribution in [2.45, 2.75) is 38.1 Å². The highest BCUT2D eigenvalue weighted by Crippen LogP contribution is 2.30. The summed E-state index contributed by atoms with van der Waals surface area (Å²) < 4.78 is 0. The molecule has 4 nitrogen and oxygen atoms in total. The zero-order valence-corrected chi connectivity index (χ0v) is 11.2. The highest BCUT2D eigenvalue weighted by atomic mass is 35.5. The summed E-state index contributed by atoms with van der Waals surface area (Å²) in [7, 11) is 0. The molecule has 1 aromatic carbocycles. The normalized spacial score (nSPS) is 17.0. The molecule has 2 rings (SSSR count). The Bertz CT molecular complexity index is 443. The first-order chi connectivity index (χ1) is 8.01. The van der Waals surface area contributed by atoms with E-state index in [0.29, 0.717) is 18.5 Å². The number of phenolic OH excluding ortho intramolecular Hbond substituents is 1. The van der Waals surface area contributed by atoms with Crippen molar-refractivity contribution < 1.29 is 9.90 Å². The summed E-state index contributed by atoms with van der Waals surface area (Å²) in [6, 6.07) is 5.15. The van der Waals surface area contributed by atoms with Gasteiger partial charge in [-0.15, -0.1) is 12.4 Å². The molecular weight excluding hydrogens is 252 g/mol. The predicted molar refractivity (Wildman–Crippen MR) is 74.1 cm³/mol. The number of aromatic hydroxyl groups is 1. The van der Waals surface area contributed by atoms with Crippen molar-refractivity contribution in [1.29, 1.82) is 0 Å². The van der Waals surface area contributed by atoms with Crippen LogP contribution >= 0.6 is 12.4 Å². The summed E-state index contributed by atoms with van der Waals surface area (Å²) in [6.45, 7) is 1.88. The topological polar surface area (TPSA) is 75.4 Å². The molecular formula is C13H19ClN2O2. The number of carbonyl (C=O) groups is 1. The van der Waals surface area contributed by atoms with Gasteiger partial charge >= 0.3 is 0 Å². The van der Waals surface area contributed by atoms with Crippen LogP contribution in [0.1, 0.15) is 31.2 Å². The maximum atomic E-state index is 12.0. The first-order valence-electron chi connectivity index (χ1n) is 5.91. The van der Waals surface area contributed by atoms with Gasteiger partial charge in [0.25, 0.3) is 0 Å². The highest BCUT2D eigenvalue weighted by Gasteiger charge is 2.37. The molecule has 0 heterocycles. The van der Waals surface area contributed by atoms with Crippen LogP contribution in [0.3, 0.4) is 0 Å². The lowest BCUT2D eigenvalue weighted by atomic mass is 9.98. The molecule has 0 bridgehead atoms. The molecule has 1 aliphatic rings. The van der Waals surface area contributed by atoms with Gasteiger partial charge in [-0.25, -0.2) is 0 Å². The molecule has 0 radical (unpaired) electrons. The van der Waals surface area contributed by atoms with Crippen molar-refractivity contribution in [2.75, 3.05) is 5.32 Å². The molecule has 1 saturated carbocycles. The molecule has 4 N–H and O–H groups in total. The van der Waals surface area contributed by atoms with Crippen molar-refractivity contribution in [2.24, 2.45) is 5.73 Å². The molecule has 0 atom stereocenters. The predicted octanol–water partition coefficient (Wildman–Crippen LogP) is 2.33. The van der Waals surface area contributed by atoms with Gasteiger partial charge < -0.3 is 16.2 Å². The van der Waals surface area contributed by atoms with Crippen LogP contribution < -0.4 is 11.1 Å². The molecule has 1 amide bonds. The third-order valence-corrected chi connectivity index (χ3v) is 3.35. The van der Waals surface area contributed by atoms with Gasteiger partial charge in [0.2, 0.25) is 5.91 Å². The number of nitrogens with one attached hydrogen (secondary N) is 1. The van der Waals surface area contributed by atoms with Crippen LogP contribution in [0.4, 0.5) is 5.69 Å². The Hall–Kier alpha value is -1.26. The van der Waals surface area contributed by atoms with Gasteiger partial charge in [-0.2, -0.15) is 0 Å². The third kappa shape index (κ3) is 2.94. The van der Waals surface area contributed by atoms with E-state index in [2.05, 4.69) is 5.32 Å². The first-order valence-corrected chi connectivity index (χ1v) is 5.91. The quantitative estimate of drug-likeness (QED) is 0.722. The Kier molecular flexibility index (Phi) is 4.59. The van der Waals surface area contributed by atoms with E-state index < -0.39 is 5.54 Å². The SMILES string of the molecule is Cc1ccc(NC(=O)C2(N)CCCC2)c(O)c1.Cl. The van der Waals surface area contributed by atoms with Gasteiger partial charge in [-0.3, -0.25) is 4.79 Å². The summed E-state index contributed by atoms with van der Waals surface area (Å²) in [4.78, 5) is 12.0. The number of anilines is 1. The molecule has 1 aliphatic carbocycles. The Balaban J connectivity index is 0.00000162. The highest BCUT2D eigenvalue weighted by molar-refractivity contribution is 5.99. The molecule has 1 fully saturated rings. The zero-order valence-electron chi connectivity index (χ0n) is 10.4. The van der Waals surface area contributed by atoms with E-state index >= 15 is 0 Å². The Morgan fingerprint density at radius 2 is 2.00 bits per heavy atom. The van der Waals surface area contributed by atoms with Crippen molar-refractivity contribution in [3.05, 3.63) is 23.8 Å². The fourth-order valence-electron chi connectivity index (χ4n) is 2.23. The number of halogens is 1. The van der Waals surface area contributed by atoms with Crippen LogP contribution in [0.25, 0.3) is 0 Å². The largest absolute Gasteiger partial charge is 0.506 e. The van der Waals surface area contributed by atoms with E-state index in [-0.39, 0.29) is 24.1 Å². The number of nitrogens with two attached hydrogens (primary N) is 1. The van der Waals surface area contributed by atoms with Crippen LogP contribution in [0.15, 0.2) is 18.2 Å². The Morgan fingerprint density at radius 1 is 1.39 bits per heavy atom. The average Bonchev–Trinajstić information content (AvgIpc) is 2.71. The first kappa shape index (κ1) is 14.8. The number of hydrogen-bond acceptors (Lipinski definition) is 3. The molecule has 0 spiro atoms. The van der Waals surface area contributed by atoms with Crippen molar-refractivity contribution in [3.63, 3.8) is 0 Å². The van der Waals surface area contributed by atoms with Crippen molar-refractivity contribution in [1.82, 2.24) is 0 Å². The van der Waals surface area contributed by atoms with Crippen molar-refractivity contribution >= 4 is 24.0 Å². The monoisotopic (exact) mass is 270 g/mol. The summed E-state index contributed by atoms with van der Waals surface area (Å²) in [5.41, 5.74) is 6.65. The van der Waals surface area contributed by atoms with Gasteiger partial charge in [0.15, 0.2) is 0 Å². The smallest absolute Gasteiger partial charge is 0.244 e. The minimum atomic E-state index is -0.767. The van der Waals surface area contributed by atoms with E-state index in [1.54, 1.807) is 12.1 Å². The zero-order chi connectivity index (χ0) is 12.5. The molecule has 0 aromatic heterocycles. The number of rotatable bonds is 2. The van der Waals surface area contributed by atoms with Gasteiger partial charge in [0.05, 0.1) is 11.2 Å². The third-order valence-electron chi connectivity index (χ3n) is 3.35. The molecule has 0 saturated heterocycles.